The van der Waals surface area contributed by atoms with Crippen molar-refractivity contribution in [2.75, 3.05) is 6.54 Å². The van der Waals surface area contributed by atoms with Gasteiger partial charge < -0.3 is 5.11 Å². The molecule has 0 aliphatic carbocycles. The van der Waals surface area contributed by atoms with Gasteiger partial charge in [0, 0.05) is 36.1 Å². The van der Waals surface area contributed by atoms with Gasteiger partial charge in [-0.1, -0.05) is 24.3 Å². The number of para-hydroxylation sites is 1. The molecule has 0 bridgehead atoms. The molecule has 0 saturated heterocycles. The van der Waals surface area contributed by atoms with Crippen LogP contribution in [0.1, 0.15) is 22.9 Å². The van der Waals surface area contributed by atoms with Gasteiger partial charge in [0.2, 0.25) is 0 Å². The molecule has 1 aromatic carbocycles. The van der Waals surface area contributed by atoms with Crippen LogP contribution in [0.25, 0.3) is 10.9 Å². The van der Waals surface area contributed by atoms with Crippen molar-refractivity contribution in [1.82, 2.24) is 9.88 Å². The van der Waals surface area contributed by atoms with E-state index in [1.54, 1.807) is 11.3 Å². The Hall–Kier alpha value is -1.75. The maximum absolute atomic E-state index is 9.86. The highest BCUT2D eigenvalue weighted by Crippen LogP contribution is 2.22. The summed E-state index contributed by atoms with van der Waals surface area (Å²) in [5.41, 5.74) is 3.58. The molecule has 0 aliphatic heterocycles. The number of fused-ring (bicyclic) bond motifs is 1. The van der Waals surface area contributed by atoms with Crippen molar-refractivity contribution in [3.8, 4) is 0 Å². The highest BCUT2D eigenvalue weighted by atomic mass is 32.1. The van der Waals surface area contributed by atoms with Crippen molar-refractivity contribution in [3.05, 3.63) is 64.0 Å². The summed E-state index contributed by atoms with van der Waals surface area (Å²) in [4.78, 5) is 8.20. The van der Waals surface area contributed by atoms with Crippen LogP contribution in [0.2, 0.25) is 0 Å². The second kappa shape index (κ2) is 7.21. The molecule has 0 aliphatic rings. The van der Waals surface area contributed by atoms with E-state index in [4.69, 9.17) is 0 Å². The van der Waals surface area contributed by atoms with Crippen LogP contribution < -0.4 is 0 Å². The first-order valence-electron chi connectivity index (χ1n) is 7.89. The predicted octanol–water partition coefficient (Wildman–Crippen LogP) is 3.99. The van der Waals surface area contributed by atoms with E-state index in [1.165, 1.54) is 16.0 Å². The Morgan fingerprint density at radius 2 is 2.00 bits per heavy atom. The van der Waals surface area contributed by atoms with Gasteiger partial charge in [0.05, 0.1) is 11.6 Å². The van der Waals surface area contributed by atoms with Crippen LogP contribution in [0.5, 0.6) is 0 Å². The quantitative estimate of drug-likeness (QED) is 0.744. The number of aliphatic hydroxyl groups excluding tert-OH is 1. The normalized spacial score (nSPS) is 12.9. The third-order valence-corrected chi connectivity index (χ3v) is 4.98. The van der Waals surface area contributed by atoms with E-state index in [2.05, 4.69) is 52.5 Å². The Morgan fingerprint density at radius 3 is 2.74 bits per heavy atom. The zero-order valence-corrected chi connectivity index (χ0v) is 14.4. The largest absolute Gasteiger partial charge is 0.392 e. The maximum Gasteiger partial charge on any atom is 0.0746 e. The van der Waals surface area contributed by atoms with Crippen LogP contribution in [0, 0.1) is 6.92 Å². The molecule has 0 radical (unpaired) electrons. The number of aromatic nitrogens is 1. The van der Waals surface area contributed by atoms with Crippen molar-refractivity contribution in [3.63, 3.8) is 0 Å². The summed E-state index contributed by atoms with van der Waals surface area (Å²) in [6.45, 7) is 6.29. The lowest BCUT2D eigenvalue weighted by Gasteiger charge is -2.24. The molecule has 3 aromatic rings. The van der Waals surface area contributed by atoms with Crippen LogP contribution in [-0.2, 0) is 13.1 Å². The molecule has 3 nitrogen and oxygen atoms in total. The fourth-order valence-electron chi connectivity index (χ4n) is 2.86. The number of thiophene rings is 1. The highest BCUT2D eigenvalue weighted by Gasteiger charge is 2.14. The molecular formula is C19H22N2OS. The van der Waals surface area contributed by atoms with Crippen molar-refractivity contribution in [2.24, 2.45) is 0 Å². The molecule has 1 atom stereocenters. The number of nitrogens with zero attached hydrogens (tertiary/aromatic N) is 2. The third-order valence-electron chi connectivity index (χ3n) is 3.97. The molecule has 1 unspecified atom stereocenters. The Morgan fingerprint density at radius 1 is 1.17 bits per heavy atom. The zero-order chi connectivity index (χ0) is 16.2. The fraction of sp³-hybridized carbons (Fsp3) is 0.316. The molecule has 23 heavy (non-hydrogen) atoms. The minimum atomic E-state index is -0.349. The third kappa shape index (κ3) is 3.96. The van der Waals surface area contributed by atoms with E-state index in [0.29, 0.717) is 6.54 Å². The summed E-state index contributed by atoms with van der Waals surface area (Å²) < 4.78 is 0. The molecule has 0 spiro atoms. The van der Waals surface area contributed by atoms with Gasteiger partial charge in [0.25, 0.3) is 0 Å². The van der Waals surface area contributed by atoms with Crippen molar-refractivity contribution < 1.29 is 5.11 Å². The lowest BCUT2D eigenvalue weighted by molar-refractivity contribution is 0.119. The van der Waals surface area contributed by atoms with Gasteiger partial charge in [0.1, 0.15) is 0 Å². The van der Waals surface area contributed by atoms with Crippen LogP contribution in [0.3, 0.4) is 0 Å². The Kier molecular flexibility index (Phi) is 5.06. The number of pyridine rings is 1. The maximum atomic E-state index is 9.86. The van der Waals surface area contributed by atoms with Crippen LogP contribution >= 0.6 is 11.3 Å². The molecule has 2 heterocycles. The molecule has 0 fully saturated rings. The summed E-state index contributed by atoms with van der Waals surface area (Å²) in [6, 6.07) is 12.5. The lowest BCUT2D eigenvalue weighted by atomic mass is 10.1. The van der Waals surface area contributed by atoms with Crippen molar-refractivity contribution in [2.45, 2.75) is 33.0 Å². The monoisotopic (exact) mass is 326 g/mol. The van der Waals surface area contributed by atoms with E-state index in [0.717, 1.165) is 24.0 Å². The van der Waals surface area contributed by atoms with Gasteiger partial charge in [-0.2, -0.15) is 0 Å². The summed E-state index contributed by atoms with van der Waals surface area (Å²) in [6.07, 6.45) is 1.49. The van der Waals surface area contributed by atoms with E-state index < -0.39 is 0 Å². The smallest absolute Gasteiger partial charge is 0.0746 e. The molecule has 1 N–H and O–H groups in total. The standard InChI is InChI=1S/C19H22N2OS/c1-14-8-10-23-18(14)13-21(11-15(2)22)12-17-6-3-5-16-7-4-9-20-19(16)17/h3-10,15,22H,11-13H2,1-2H3. The number of aryl methyl sites for hydroxylation is 1. The van der Waals surface area contributed by atoms with Crippen LogP contribution in [0.15, 0.2) is 48.0 Å². The first kappa shape index (κ1) is 16.1. The molecule has 0 amide bonds. The Balaban J connectivity index is 1.86. The predicted molar refractivity (Wildman–Crippen MR) is 96.6 cm³/mol. The molecule has 2 aromatic heterocycles. The highest BCUT2D eigenvalue weighted by molar-refractivity contribution is 7.10. The first-order valence-corrected chi connectivity index (χ1v) is 8.77. The molecule has 4 heteroatoms. The second-order valence-electron chi connectivity index (χ2n) is 6.04. The summed E-state index contributed by atoms with van der Waals surface area (Å²) in [7, 11) is 0. The molecule has 3 rings (SSSR count). The van der Waals surface area contributed by atoms with E-state index in [1.807, 2.05) is 19.2 Å². The topological polar surface area (TPSA) is 36.4 Å². The Labute approximate surface area is 141 Å². The molecular weight excluding hydrogens is 304 g/mol. The van der Waals surface area contributed by atoms with E-state index in [-0.39, 0.29) is 6.10 Å². The van der Waals surface area contributed by atoms with Gasteiger partial charge in [-0.05, 0) is 42.5 Å². The van der Waals surface area contributed by atoms with E-state index in [9.17, 15) is 5.11 Å². The minimum absolute atomic E-state index is 0.349. The average molecular weight is 326 g/mol. The molecule has 120 valence electrons. The van der Waals surface area contributed by atoms with Gasteiger partial charge in [-0.3, -0.25) is 9.88 Å². The lowest BCUT2D eigenvalue weighted by Crippen LogP contribution is -2.30. The number of aliphatic hydroxyl groups is 1. The number of hydrogen-bond acceptors (Lipinski definition) is 4. The van der Waals surface area contributed by atoms with Crippen LogP contribution in [-0.4, -0.2) is 27.6 Å². The van der Waals surface area contributed by atoms with Crippen molar-refractivity contribution >= 4 is 22.2 Å². The second-order valence-corrected chi connectivity index (χ2v) is 7.04. The minimum Gasteiger partial charge on any atom is -0.392 e. The van der Waals surface area contributed by atoms with Crippen LogP contribution in [0.4, 0.5) is 0 Å². The number of hydrogen-bond donors (Lipinski definition) is 1. The summed E-state index contributed by atoms with van der Waals surface area (Å²) in [5, 5.41) is 13.1. The van der Waals surface area contributed by atoms with E-state index >= 15 is 0 Å². The Bertz CT molecular complexity index is 776. The number of rotatable bonds is 6. The average Bonchev–Trinajstić information content (AvgIpc) is 2.92. The SMILES string of the molecule is Cc1ccsc1CN(Cc1cccc2cccnc12)CC(C)O. The van der Waals surface area contributed by atoms with Gasteiger partial charge in [-0.25, -0.2) is 0 Å². The summed E-state index contributed by atoms with van der Waals surface area (Å²) >= 11 is 1.78. The van der Waals surface area contributed by atoms with Crippen molar-refractivity contribution in [1.29, 1.82) is 0 Å². The fourth-order valence-corrected chi connectivity index (χ4v) is 3.81. The summed E-state index contributed by atoms with van der Waals surface area (Å²) in [5.74, 6) is 0. The van der Waals surface area contributed by atoms with Gasteiger partial charge in [-0.15, -0.1) is 11.3 Å². The number of benzene rings is 1. The first-order chi connectivity index (χ1) is 11.1. The van der Waals surface area contributed by atoms with Gasteiger partial charge >= 0.3 is 0 Å². The zero-order valence-electron chi connectivity index (χ0n) is 13.6. The molecule has 0 saturated carbocycles. The van der Waals surface area contributed by atoms with Gasteiger partial charge in [0.15, 0.2) is 0 Å².